The molecular weight excluding hydrogens is 440 g/mol. The van der Waals surface area contributed by atoms with E-state index in [1.165, 1.54) is 17.5 Å². The number of carbonyl (C=O) groups excluding carboxylic acids is 1. The molecule has 1 N–H and O–H groups in total. The number of piperidine rings is 1. The summed E-state index contributed by atoms with van der Waals surface area (Å²) in [7, 11) is -2.32. The van der Waals surface area contributed by atoms with Gasteiger partial charge in [0.2, 0.25) is 10.0 Å². The fourth-order valence-corrected chi connectivity index (χ4v) is 5.15. The molecule has 0 aromatic heterocycles. The lowest BCUT2D eigenvalue weighted by atomic mass is 10.1. The molecule has 0 aliphatic carbocycles. The summed E-state index contributed by atoms with van der Waals surface area (Å²) >= 11 is 5.89. The Hall–Kier alpha value is -2.29. The normalized spacial score (nSPS) is 15.4. The summed E-state index contributed by atoms with van der Waals surface area (Å²) < 4.78 is 38.9. The molecule has 0 radical (unpaired) electrons. The van der Waals surface area contributed by atoms with Crippen molar-refractivity contribution >= 4 is 33.2 Å². The van der Waals surface area contributed by atoms with Gasteiger partial charge in [-0.3, -0.25) is 4.79 Å². The third-order valence-electron chi connectivity index (χ3n) is 5.09. The molecule has 0 atom stereocenters. The molecule has 3 rings (SSSR count). The maximum atomic E-state index is 13.2. The molecule has 1 fully saturated rings. The zero-order chi connectivity index (χ0) is 22.6. The Labute approximate surface area is 188 Å². The first-order valence-corrected chi connectivity index (χ1v) is 11.9. The molecule has 0 unspecified atom stereocenters. The SMILES string of the molecule is COc1ccc(NC(=O)C(C)(C)Oc2ccc(Cl)cc2)cc1S(=O)(=O)N1CCCCC1. The van der Waals surface area contributed by atoms with Gasteiger partial charge in [-0.2, -0.15) is 4.31 Å². The van der Waals surface area contributed by atoms with Crippen molar-refractivity contribution in [3.8, 4) is 11.5 Å². The number of nitrogens with one attached hydrogen (secondary N) is 1. The van der Waals surface area contributed by atoms with Crippen LogP contribution in [0.3, 0.4) is 0 Å². The maximum absolute atomic E-state index is 13.2. The van der Waals surface area contributed by atoms with E-state index in [-0.39, 0.29) is 10.6 Å². The van der Waals surface area contributed by atoms with Gasteiger partial charge in [0.15, 0.2) is 5.60 Å². The summed E-state index contributed by atoms with van der Waals surface area (Å²) in [6.45, 7) is 4.21. The molecule has 1 heterocycles. The number of ether oxygens (including phenoxy) is 2. The first-order chi connectivity index (χ1) is 14.6. The Balaban J connectivity index is 1.82. The Morgan fingerprint density at radius 3 is 2.32 bits per heavy atom. The van der Waals surface area contributed by atoms with Crippen LogP contribution in [0.4, 0.5) is 5.69 Å². The summed E-state index contributed by atoms with van der Waals surface area (Å²) in [5.41, 5.74) is -0.867. The van der Waals surface area contributed by atoms with E-state index in [0.29, 0.717) is 29.5 Å². The standard InChI is InChI=1S/C22H27ClN2O5S/c1-22(2,30-18-10-7-16(23)8-11-18)21(26)24-17-9-12-19(29-3)20(15-17)31(27,28)25-13-5-4-6-14-25/h7-12,15H,4-6,13-14H2,1-3H3,(H,24,26). The molecule has 0 bridgehead atoms. The largest absolute Gasteiger partial charge is 0.495 e. The number of hydrogen-bond acceptors (Lipinski definition) is 5. The molecule has 31 heavy (non-hydrogen) atoms. The summed E-state index contributed by atoms with van der Waals surface area (Å²) in [5, 5.41) is 3.32. The third-order valence-corrected chi connectivity index (χ3v) is 7.26. The molecule has 2 aromatic rings. The van der Waals surface area contributed by atoms with E-state index in [0.717, 1.165) is 19.3 Å². The Morgan fingerprint density at radius 2 is 1.71 bits per heavy atom. The quantitative estimate of drug-likeness (QED) is 0.656. The number of halogens is 1. The highest BCUT2D eigenvalue weighted by molar-refractivity contribution is 7.89. The van der Waals surface area contributed by atoms with Crippen LogP contribution in [0.1, 0.15) is 33.1 Å². The van der Waals surface area contributed by atoms with Gasteiger partial charge < -0.3 is 14.8 Å². The van der Waals surface area contributed by atoms with Crippen molar-refractivity contribution < 1.29 is 22.7 Å². The van der Waals surface area contributed by atoms with Crippen LogP contribution in [-0.2, 0) is 14.8 Å². The van der Waals surface area contributed by atoms with Gasteiger partial charge in [-0.15, -0.1) is 0 Å². The van der Waals surface area contributed by atoms with Crippen molar-refractivity contribution in [1.29, 1.82) is 0 Å². The lowest BCUT2D eigenvalue weighted by Crippen LogP contribution is -2.42. The number of rotatable bonds is 7. The van der Waals surface area contributed by atoms with Gasteiger partial charge >= 0.3 is 0 Å². The summed E-state index contributed by atoms with van der Waals surface area (Å²) in [4.78, 5) is 12.9. The number of nitrogens with zero attached hydrogens (tertiary/aromatic N) is 1. The van der Waals surface area contributed by atoms with E-state index in [2.05, 4.69) is 5.32 Å². The second-order valence-electron chi connectivity index (χ2n) is 7.85. The van der Waals surface area contributed by atoms with E-state index >= 15 is 0 Å². The van der Waals surface area contributed by atoms with E-state index in [1.54, 1.807) is 50.2 Å². The number of methoxy groups -OCH3 is 1. The van der Waals surface area contributed by atoms with Crippen molar-refractivity contribution in [3.05, 3.63) is 47.5 Å². The van der Waals surface area contributed by atoms with Gasteiger partial charge in [0, 0.05) is 23.8 Å². The van der Waals surface area contributed by atoms with E-state index in [4.69, 9.17) is 21.1 Å². The summed E-state index contributed by atoms with van der Waals surface area (Å²) in [6, 6.07) is 11.3. The Kier molecular flexibility index (Phi) is 7.13. The number of carbonyl (C=O) groups is 1. The van der Waals surface area contributed by atoms with Crippen molar-refractivity contribution in [3.63, 3.8) is 0 Å². The van der Waals surface area contributed by atoms with Crippen LogP contribution >= 0.6 is 11.6 Å². The lowest BCUT2D eigenvalue weighted by Gasteiger charge is -2.27. The van der Waals surface area contributed by atoms with Gasteiger partial charge in [-0.05, 0) is 69.2 Å². The monoisotopic (exact) mass is 466 g/mol. The van der Waals surface area contributed by atoms with Crippen LogP contribution in [-0.4, -0.2) is 44.4 Å². The van der Waals surface area contributed by atoms with Gasteiger partial charge in [-0.1, -0.05) is 18.0 Å². The number of anilines is 1. The van der Waals surface area contributed by atoms with E-state index in [1.807, 2.05) is 0 Å². The first-order valence-electron chi connectivity index (χ1n) is 10.1. The average Bonchev–Trinajstić information content (AvgIpc) is 2.75. The number of hydrogen-bond donors (Lipinski definition) is 1. The smallest absolute Gasteiger partial charge is 0.267 e. The Bertz CT molecular complexity index is 1030. The predicted octanol–water partition coefficient (Wildman–Crippen LogP) is 4.32. The van der Waals surface area contributed by atoms with Crippen LogP contribution in [0.25, 0.3) is 0 Å². The highest BCUT2D eigenvalue weighted by atomic mass is 35.5. The second kappa shape index (κ2) is 9.46. The van der Waals surface area contributed by atoms with Crippen LogP contribution in [0, 0.1) is 0 Å². The molecule has 1 amide bonds. The van der Waals surface area contributed by atoms with Gasteiger partial charge in [-0.25, -0.2) is 8.42 Å². The number of sulfonamides is 1. The molecule has 1 aliphatic rings. The third kappa shape index (κ3) is 5.50. The highest BCUT2D eigenvalue weighted by Crippen LogP contribution is 2.31. The molecule has 7 nitrogen and oxygen atoms in total. The molecule has 1 aliphatic heterocycles. The fourth-order valence-electron chi connectivity index (χ4n) is 3.33. The van der Waals surface area contributed by atoms with Crippen LogP contribution in [0.2, 0.25) is 5.02 Å². The maximum Gasteiger partial charge on any atom is 0.267 e. The van der Waals surface area contributed by atoms with Crippen LogP contribution in [0.5, 0.6) is 11.5 Å². The highest BCUT2D eigenvalue weighted by Gasteiger charge is 2.32. The zero-order valence-corrected chi connectivity index (χ0v) is 19.4. The minimum atomic E-state index is -3.74. The number of benzene rings is 2. The van der Waals surface area contributed by atoms with Crippen molar-refractivity contribution in [2.45, 2.75) is 43.6 Å². The van der Waals surface area contributed by atoms with E-state index in [9.17, 15) is 13.2 Å². The van der Waals surface area contributed by atoms with Gasteiger partial charge in [0.1, 0.15) is 16.4 Å². The molecule has 0 spiro atoms. The zero-order valence-electron chi connectivity index (χ0n) is 17.9. The summed E-state index contributed by atoms with van der Waals surface area (Å²) in [6.07, 6.45) is 2.67. The molecular formula is C22H27ClN2O5S. The first kappa shape index (κ1) is 23.4. The van der Waals surface area contributed by atoms with Gasteiger partial charge in [0.25, 0.3) is 5.91 Å². The predicted molar refractivity (Wildman–Crippen MR) is 120 cm³/mol. The van der Waals surface area contributed by atoms with Gasteiger partial charge in [0.05, 0.1) is 7.11 Å². The summed E-state index contributed by atoms with van der Waals surface area (Å²) in [5.74, 6) is 0.307. The minimum Gasteiger partial charge on any atom is -0.495 e. The average molecular weight is 467 g/mol. The lowest BCUT2D eigenvalue weighted by molar-refractivity contribution is -0.128. The number of amides is 1. The molecule has 9 heteroatoms. The topological polar surface area (TPSA) is 84.9 Å². The molecule has 2 aromatic carbocycles. The second-order valence-corrected chi connectivity index (χ2v) is 10.2. The molecule has 1 saturated heterocycles. The Morgan fingerprint density at radius 1 is 1.06 bits per heavy atom. The molecule has 0 saturated carbocycles. The van der Waals surface area contributed by atoms with Crippen LogP contribution < -0.4 is 14.8 Å². The van der Waals surface area contributed by atoms with Crippen molar-refractivity contribution in [1.82, 2.24) is 4.31 Å². The van der Waals surface area contributed by atoms with Crippen molar-refractivity contribution in [2.75, 3.05) is 25.5 Å². The van der Waals surface area contributed by atoms with E-state index < -0.39 is 21.5 Å². The molecule has 168 valence electrons. The minimum absolute atomic E-state index is 0.0334. The fraction of sp³-hybridized carbons (Fsp3) is 0.409. The van der Waals surface area contributed by atoms with Crippen LogP contribution in [0.15, 0.2) is 47.4 Å². The van der Waals surface area contributed by atoms with Crippen molar-refractivity contribution in [2.24, 2.45) is 0 Å².